The monoisotopic (exact) mass is 228 g/mol. The average Bonchev–Trinajstić information content (AvgIpc) is 2.29. The summed E-state index contributed by atoms with van der Waals surface area (Å²) in [6.45, 7) is 9.65. The summed E-state index contributed by atoms with van der Waals surface area (Å²) < 4.78 is 5.49. The van der Waals surface area contributed by atoms with Crippen molar-refractivity contribution in [3.8, 4) is 0 Å². The first-order valence-electron chi connectivity index (χ1n) is 6.68. The predicted octanol–water partition coefficient (Wildman–Crippen LogP) is 1.87. The van der Waals surface area contributed by atoms with Crippen LogP contribution in [0.4, 0.5) is 0 Å². The molecule has 1 N–H and O–H groups in total. The fourth-order valence-electron chi connectivity index (χ4n) is 2.40. The summed E-state index contributed by atoms with van der Waals surface area (Å²) >= 11 is 0. The minimum absolute atomic E-state index is 0.542. The van der Waals surface area contributed by atoms with Crippen LogP contribution < -0.4 is 5.32 Å². The Morgan fingerprint density at radius 2 is 2.12 bits per heavy atom. The summed E-state index contributed by atoms with van der Waals surface area (Å²) in [5.74, 6) is 0. The van der Waals surface area contributed by atoms with Crippen molar-refractivity contribution in [2.45, 2.75) is 58.2 Å². The van der Waals surface area contributed by atoms with Crippen molar-refractivity contribution >= 4 is 0 Å². The minimum atomic E-state index is 0.542. The van der Waals surface area contributed by atoms with Gasteiger partial charge in [-0.1, -0.05) is 13.3 Å². The highest BCUT2D eigenvalue weighted by Gasteiger charge is 2.20. The molecule has 1 aliphatic rings. The maximum absolute atomic E-state index is 5.49. The quantitative estimate of drug-likeness (QED) is 0.751. The molecule has 0 amide bonds. The van der Waals surface area contributed by atoms with Gasteiger partial charge in [-0.15, -0.1) is 0 Å². The molecule has 0 spiro atoms. The number of nitrogens with zero attached hydrogens (tertiary/aromatic N) is 1. The molecule has 1 aliphatic heterocycles. The smallest absolute Gasteiger partial charge is 0.0620 e. The first-order valence-corrected chi connectivity index (χ1v) is 6.68. The SMILES string of the molecule is CCCC(C)N(C)C(C)CC1COCCN1. The van der Waals surface area contributed by atoms with Gasteiger partial charge in [-0.05, 0) is 33.7 Å². The van der Waals surface area contributed by atoms with Crippen LogP contribution in [0.1, 0.15) is 40.0 Å². The summed E-state index contributed by atoms with van der Waals surface area (Å²) in [6, 6.07) is 1.85. The molecule has 0 aromatic carbocycles. The first kappa shape index (κ1) is 13.9. The maximum Gasteiger partial charge on any atom is 0.0620 e. The van der Waals surface area contributed by atoms with E-state index >= 15 is 0 Å². The molecule has 1 fully saturated rings. The molecule has 0 saturated carbocycles. The Labute approximate surface area is 101 Å². The van der Waals surface area contributed by atoms with Gasteiger partial charge < -0.3 is 15.0 Å². The molecule has 0 aliphatic carbocycles. The van der Waals surface area contributed by atoms with Crippen LogP contribution in [-0.4, -0.2) is 49.8 Å². The Kier molecular flexibility index (Phi) is 6.32. The third kappa shape index (κ3) is 4.40. The van der Waals surface area contributed by atoms with Gasteiger partial charge >= 0.3 is 0 Å². The maximum atomic E-state index is 5.49. The molecule has 0 bridgehead atoms. The summed E-state index contributed by atoms with van der Waals surface area (Å²) in [7, 11) is 2.24. The topological polar surface area (TPSA) is 24.5 Å². The van der Waals surface area contributed by atoms with Crippen LogP contribution in [-0.2, 0) is 4.74 Å². The summed E-state index contributed by atoms with van der Waals surface area (Å²) in [6.07, 6.45) is 3.74. The Hall–Kier alpha value is -0.120. The highest BCUT2D eigenvalue weighted by atomic mass is 16.5. The van der Waals surface area contributed by atoms with Crippen molar-refractivity contribution in [2.24, 2.45) is 0 Å². The Balaban J connectivity index is 2.29. The number of morpholine rings is 1. The van der Waals surface area contributed by atoms with Gasteiger partial charge in [0.15, 0.2) is 0 Å². The largest absolute Gasteiger partial charge is 0.379 e. The van der Waals surface area contributed by atoms with Crippen LogP contribution in [0.15, 0.2) is 0 Å². The molecule has 0 radical (unpaired) electrons. The highest BCUT2D eigenvalue weighted by Crippen LogP contribution is 2.13. The van der Waals surface area contributed by atoms with Crippen LogP contribution in [0.25, 0.3) is 0 Å². The molecule has 3 atom stereocenters. The fraction of sp³-hybridized carbons (Fsp3) is 1.00. The highest BCUT2D eigenvalue weighted by molar-refractivity contribution is 4.78. The second-order valence-electron chi connectivity index (χ2n) is 5.11. The van der Waals surface area contributed by atoms with Gasteiger partial charge in [0.05, 0.1) is 13.2 Å². The second-order valence-corrected chi connectivity index (χ2v) is 5.11. The molecular formula is C13H28N2O. The van der Waals surface area contributed by atoms with Crippen molar-refractivity contribution in [1.82, 2.24) is 10.2 Å². The van der Waals surface area contributed by atoms with Crippen LogP contribution in [0.2, 0.25) is 0 Å². The summed E-state index contributed by atoms with van der Waals surface area (Å²) in [4.78, 5) is 2.50. The second kappa shape index (κ2) is 7.25. The van der Waals surface area contributed by atoms with Gasteiger partial charge in [-0.2, -0.15) is 0 Å². The van der Waals surface area contributed by atoms with Crippen molar-refractivity contribution < 1.29 is 4.74 Å². The van der Waals surface area contributed by atoms with Gasteiger partial charge in [-0.3, -0.25) is 0 Å². The average molecular weight is 228 g/mol. The molecule has 3 unspecified atom stereocenters. The minimum Gasteiger partial charge on any atom is -0.379 e. The van der Waals surface area contributed by atoms with Gasteiger partial charge in [-0.25, -0.2) is 0 Å². The molecule has 3 heteroatoms. The van der Waals surface area contributed by atoms with Crippen molar-refractivity contribution in [3.05, 3.63) is 0 Å². The van der Waals surface area contributed by atoms with Gasteiger partial charge in [0.1, 0.15) is 0 Å². The number of hydrogen-bond donors (Lipinski definition) is 1. The Morgan fingerprint density at radius 1 is 1.38 bits per heavy atom. The fourth-order valence-corrected chi connectivity index (χ4v) is 2.40. The molecule has 1 saturated heterocycles. The molecule has 1 rings (SSSR count). The lowest BCUT2D eigenvalue weighted by Crippen LogP contribution is -2.46. The van der Waals surface area contributed by atoms with Crippen LogP contribution in [0, 0.1) is 0 Å². The van der Waals surface area contributed by atoms with E-state index in [1.807, 2.05) is 0 Å². The zero-order chi connectivity index (χ0) is 12.0. The molecule has 96 valence electrons. The van der Waals surface area contributed by atoms with Crippen molar-refractivity contribution in [3.63, 3.8) is 0 Å². The third-order valence-corrected chi connectivity index (χ3v) is 3.72. The van der Waals surface area contributed by atoms with Crippen molar-refractivity contribution in [2.75, 3.05) is 26.8 Å². The zero-order valence-corrected chi connectivity index (χ0v) is 11.3. The molecule has 0 aromatic rings. The van der Waals surface area contributed by atoms with Gasteiger partial charge in [0.25, 0.3) is 0 Å². The Morgan fingerprint density at radius 3 is 2.69 bits per heavy atom. The van der Waals surface area contributed by atoms with E-state index in [0.29, 0.717) is 18.1 Å². The lowest BCUT2D eigenvalue weighted by atomic mass is 10.0. The van der Waals surface area contributed by atoms with E-state index in [9.17, 15) is 0 Å². The lowest BCUT2D eigenvalue weighted by Gasteiger charge is -2.34. The van der Waals surface area contributed by atoms with Crippen LogP contribution in [0.5, 0.6) is 0 Å². The first-order chi connectivity index (χ1) is 7.65. The van der Waals surface area contributed by atoms with E-state index < -0.39 is 0 Å². The molecule has 1 heterocycles. The van der Waals surface area contributed by atoms with Gasteiger partial charge in [0, 0.05) is 24.7 Å². The van der Waals surface area contributed by atoms with Gasteiger partial charge in [0.2, 0.25) is 0 Å². The predicted molar refractivity (Wildman–Crippen MR) is 68.8 cm³/mol. The van der Waals surface area contributed by atoms with E-state index in [4.69, 9.17) is 4.74 Å². The van der Waals surface area contributed by atoms with Crippen LogP contribution >= 0.6 is 0 Å². The van der Waals surface area contributed by atoms with Crippen molar-refractivity contribution in [1.29, 1.82) is 0 Å². The molecule has 0 aromatic heterocycles. The van der Waals surface area contributed by atoms with E-state index in [1.54, 1.807) is 0 Å². The normalized spacial score (nSPS) is 25.7. The molecular weight excluding hydrogens is 200 g/mol. The lowest BCUT2D eigenvalue weighted by molar-refractivity contribution is 0.0603. The number of hydrogen-bond acceptors (Lipinski definition) is 3. The standard InChI is InChI=1S/C13H28N2O/c1-5-6-11(2)15(4)12(3)9-13-10-16-8-7-14-13/h11-14H,5-10H2,1-4H3. The Bertz CT molecular complexity index is 181. The number of rotatable bonds is 6. The van der Waals surface area contributed by atoms with E-state index in [0.717, 1.165) is 19.8 Å². The van der Waals surface area contributed by atoms with E-state index in [-0.39, 0.29) is 0 Å². The number of nitrogens with one attached hydrogen (secondary N) is 1. The summed E-state index contributed by atoms with van der Waals surface area (Å²) in [5.41, 5.74) is 0. The van der Waals surface area contributed by atoms with Crippen LogP contribution in [0.3, 0.4) is 0 Å². The van der Waals surface area contributed by atoms with E-state index in [1.165, 1.54) is 19.3 Å². The third-order valence-electron chi connectivity index (χ3n) is 3.72. The van der Waals surface area contributed by atoms with E-state index in [2.05, 4.69) is 38.0 Å². The summed E-state index contributed by atoms with van der Waals surface area (Å²) in [5, 5.41) is 3.52. The zero-order valence-electron chi connectivity index (χ0n) is 11.3. The molecule has 16 heavy (non-hydrogen) atoms. The molecule has 3 nitrogen and oxygen atoms in total. The number of ether oxygens (including phenoxy) is 1.